The Morgan fingerprint density at radius 1 is 1.25 bits per heavy atom. The second-order valence-electron chi connectivity index (χ2n) is 5.48. The number of carboxylic acid groups (broad SMARTS) is 1. The van der Waals surface area contributed by atoms with E-state index in [4.69, 9.17) is 5.11 Å². The molecule has 3 rings (SSSR count). The molecule has 1 saturated heterocycles. The Kier molecular flexibility index (Phi) is 3.30. The van der Waals surface area contributed by atoms with E-state index < -0.39 is 15.8 Å². The maximum Gasteiger partial charge on any atom is 0.307 e. The molecule has 1 N–H and O–H groups in total. The van der Waals surface area contributed by atoms with E-state index in [0.29, 0.717) is 24.3 Å². The Balaban J connectivity index is 1.92. The number of aliphatic carboxylic acids is 1. The first-order valence-corrected chi connectivity index (χ1v) is 8.43. The summed E-state index contributed by atoms with van der Waals surface area (Å²) >= 11 is 0. The number of benzene rings is 1. The summed E-state index contributed by atoms with van der Waals surface area (Å²) in [5, 5.41) is 9.09. The summed E-state index contributed by atoms with van der Waals surface area (Å²) in [6, 6.07) is 7.12. The first-order valence-electron chi connectivity index (χ1n) is 6.77. The first-order chi connectivity index (χ1) is 9.49. The Morgan fingerprint density at radius 3 is 2.70 bits per heavy atom. The lowest BCUT2D eigenvalue weighted by Gasteiger charge is -2.32. The number of carbonyl (C=O) groups is 1. The Hall–Kier alpha value is -1.40. The van der Waals surface area contributed by atoms with Gasteiger partial charge in [0, 0.05) is 12.6 Å². The summed E-state index contributed by atoms with van der Waals surface area (Å²) in [7, 11) is -3.18. The van der Waals surface area contributed by atoms with Gasteiger partial charge in [-0.1, -0.05) is 18.2 Å². The van der Waals surface area contributed by atoms with E-state index in [1.54, 1.807) is 12.1 Å². The molecule has 0 amide bonds. The second kappa shape index (κ2) is 4.86. The third-order valence-corrected chi connectivity index (χ3v) is 6.10. The highest BCUT2D eigenvalue weighted by atomic mass is 32.2. The average Bonchev–Trinajstić information content (AvgIpc) is 2.89. The molecule has 2 aliphatic heterocycles. The van der Waals surface area contributed by atoms with Gasteiger partial charge in [-0.25, -0.2) is 8.42 Å². The molecule has 1 aromatic carbocycles. The smallest absolute Gasteiger partial charge is 0.307 e. The predicted octanol–water partition coefficient (Wildman–Crippen LogP) is 1.31. The van der Waals surface area contributed by atoms with E-state index in [1.165, 1.54) is 0 Å². The third kappa shape index (κ3) is 2.23. The van der Waals surface area contributed by atoms with Crippen molar-refractivity contribution in [3.8, 4) is 0 Å². The molecule has 0 aromatic heterocycles. The Bertz CT molecular complexity index is 640. The van der Waals surface area contributed by atoms with Crippen molar-refractivity contribution >= 4 is 15.8 Å². The van der Waals surface area contributed by atoms with Gasteiger partial charge in [0.25, 0.3) is 0 Å². The number of sulfone groups is 1. The van der Waals surface area contributed by atoms with Crippen LogP contribution in [-0.4, -0.2) is 43.2 Å². The lowest BCUT2D eigenvalue weighted by molar-refractivity contribution is -0.141. The molecule has 108 valence electrons. The SMILES string of the molecule is O=C(O)C1CCN(C2CCS(=O)(=O)c3ccccc32)C1. The van der Waals surface area contributed by atoms with Gasteiger partial charge >= 0.3 is 5.97 Å². The van der Waals surface area contributed by atoms with Crippen molar-refractivity contribution in [2.45, 2.75) is 23.8 Å². The van der Waals surface area contributed by atoms with Crippen LogP contribution < -0.4 is 0 Å². The van der Waals surface area contributed by atoms with Gasteiger partial charge in [-0.15, -0.1) is 0 Å². The van der Waals surface area contributed by atoms with E-state index in [0.717, 1.165) is 12.1 Å². The monoisotopic (exact) mass is 295 g/mol. The summed E-state index contributed by atoms with van der Waals surface area (Å²) < 4.78 is 24.2. The Labute approximate surface area is 118 Å². The van der Waals surface area contributed by atoms with Gasteiger partial charge in [-0.2, -0.15) is 0 Å². The van der Waals surface area contributed by atoms with Crippen molar-refractivity contribution in [2.75, 3.05) is 18.8 Å². The zero-order valence-corrected chi connectivity index (χ0v) is 11.8. The second-order valence-corrected chi connectivity index (χ2v) is 7.56. The van der Waals surface area contributed by atoms with E-state index in [1.807, 2.05) is 12.1 Å². The van der Waals surface area contributed by atoms with Crippen LogP contribution in [0.15, 0.2) is 29.2 Å². The molecule has 0 aliphatic carbocycles. The van der Waals surface area contributed by atoms with Crippen molar-refractivity contribution in [1.82, 2.24) is 4.90 Å². The van der Waals surface area contributed by atoms with Crippen LogP contribution in [0.5, 0.6) is 0 Å². The highest BCUT2D eigenvalue weighted by Crippen LogP contribution is 2.38. The molecule has 1 fully saturated rings. The van der Waals surface area contributed by atoms with Gasteiger partial charge in [0.1, 0.15) is 0 Å². The fourth-order valence-electron chi connectivity index (χ4n) is 3.22. The number of hydrogen-bond acceptors (Lipinski definition) is 4. The number of hydrogen-bond donors (Lipinski definition) is 1. The number of nitrogens with zero attached hydrogens (tertiary/aromatic N) is 1. The topological polar surface area (TPSA) is 74.7 Å². The molecule has 2 unspecified atom stereocenters. The molecule has 2 heterocycles. The first kappa shape index (κ1) is 13.6. The summed E-state index contributed by atoms with van der Waals surface area (Å²) in [4.78, 5) is 13.6. The molecule has 0 saturated carbocycles. The number of rotatable bonds is 2. The van der Waals surface area contributed by atoms with Crippen LogP contribution >= 0.6 is 0 Å². The molecular formula is C14H17NO4S. The van der Waals surface area contributed by atoms with Crippen LogP contribution in [-0.2, 0) is 14.6 Å². The molecular weight excluding hydrogens is 278 g/mol. The quantitative estimate of drug-likeness (QED) is 0.890. The molecule has 2 atom stereocenters. The van der Waals surface area contributed by atoms with Gasteiger partial charge in [-0.3, -0.25) is 9.69 Å². The third-order valence-electron chi connectivity index (χ3n) is 4.28. The largest absolute Gasteiger partial charge is 0.481 e. The lowest BCUT2D eigenvalue weighted by Crippen LogP contribution is -2.33. The molecule has 20 heavy (non-hydrogen) atoms. The maximum absolute atomic E-state index is 12.1. The van der Waals surface area contributed by atoms with Crippen LogP contribution in [0.4, 0.5) is 0 Å². The zero-order chi connectivity index (χ0) is 14.3. The summed E-state index contributed by atoms with van der Waals surface area (Å²) in [5.41, 5.74) is 0.824. The van der Waals surface area contributed by atoms with Crippen molar-refractivity contribution in [1.29, 1.82) is 0 Å². The average molecular weight is 295 g/mol. The van der Waals surface area contributed by atoms with Crippen LogP contribution in [0.1, 0.15) is 24.4 Å². The van der Waals surface area contributed by atoms with E-state index in [9.17, 15) is 13.2 Å². The fraction of sp³-hybridized carbons (Fsp3) is 0.500. The highest BCUT2D eigenvalue weighted by Gasteiger charge is 2.37. The van der Waals surface area contributed by atoms with Gasteiger partial charge in [-0.05, 0) is 31.0 Å². The number of fused-ring (bicyclic) bond motifs is 1. The van der Waals surface area contributed by atoms with Crippen molar-refractivity contribution < 1.29 is 18.3 Å². The van der Waals surface area contributed by atoms with E-state index in [-0.39, 0.29) is 17.7 Å². The van der Waals surface area contributed by atoms with Gasteiger partial charge in [0.2, 0.25) is 0 Å². The molecule has 1 aromatic rings. The molecule has 5 nitrogen and oxygen atoms in total. The van der Waals surface area contributed by atoms with E-state index >= 15 is 0 Å². The molecule has 0 bridgehead atoms. The standard InChI is InChI=1S/C14H17NO4S/c16-14(17)10-5-7-15(9-10)12-6-8-20(18,19)13-4-2-1-3-11(12)13/h1-4,10,12H,5-9H2,(H,16,17). The van der Waals surface area contributed by atoms with Crippen LogP contribution in [0.25, 0.3) is 0 Å². The minimum absolute atomic E-state index is 0.0269. The van der Waals surface area contributed by atoms with E-state index in [2.05, 4.69) is 4.90 Å². The minimum atomic E-state index is -3.18. The molecule has 0 radical (unpaired) electrons. The maximum atomic E-state index is 12.1. The predicted molar refractivity (Wildman–Crippen MR) is 73.2 cm³/mol. The minimum Gasteiger partial charge on any atom is -0.481 e. The summed E-state index contributed by atoms with van der Waals surface area (Å²) in [6.45, 7) is 1.23. The summed E-state index contributed by atoms with van der Waals surface area (Å²) in [5.74, 6) is -0.951. The fourth-order valence-corrected chi connectivity index (χ4v) is 4.83. The van der Waals surface area contributed by atoms with Crippen LogP contribution in [0, 0.1) is 5.92 Å². The zero-order valence-electron chi connectivity index (χ0n) is 11.0. The number of carboxylic acids is 1. The highest BCUT2D eigenvalue weighted by molar-refractivity contribution is 7.91. The van der Waals surface area contributed by atoms with Crippen LogP contribution in [0.3, 0.4) is 0 Å². The number of likely N-dealkylation sites (tertiary alicyclic amines) is 1. The van der Waals surface area contributed by atoms with Gasteiger partial charge < -0.3 is 5.11 Å². The summed E-state index contributed by atoms with van der Waals surface area (Å²) in [6.07, 6.45) is 1.19. The van der Waals surface area contributed by atoms with Gasteiger partial charge in [0.15, 0.2) is 9.84 Å². The molecule has 0 spiro atoms. The molecule has 2 aliphatic rings. The van der Waals surface area contributed by atoms with Gasteiger partial charge in [0.05, 0.1) is 16.6 Å². The lowest BCUT2D eigenvalue weighted by atomic mass is 10.0. The molecule has 6 heteroatoms. The van der Waals surface area contributed by atoms with Crippen molar-refractivity contribution in [2.24, 2.45) is 5.92 Å². The Morgan fingerprint density at radius 2 is 2.00 bits per heavy atom. The van der Waals surface area contributed by atoms with Crippen LogP contribution in [0.2, 0.25) is 0 Å². The normalized spacial score (nSPS) is 29.0. The van der Waals surface area contributed by atoms with Crippen molar-refractivity contribution in [3.05, 3.63) is 29.8 Å². The van der Waals surface area contributed by atoms with Crippen molar-refractivity contribution in [3.63, 3.8) is 0 Å².